The summed E-state index contributed by atoms with van der Waals surface area (Å²) in [4.78, 5) is 11.5. The van der Waals surface area contributed by atoms with Gasteiger partial charge in [0, 0.05) is 0 Å². The molecule has 5 N–H and O–H groups in total. The maximum Gasteiger partial charge on any atom is 0.472 e. The highest BCUT2D eigenvalue weighted by Crippen LogP contribution is 2.25. The van der Waals surface area contributed by atoms with Crippen molar-refractivity contribution in [2.45, 2.75) is 38.1 Å². The third kappa shape index (κ3) is 4.19. The minimum Gasteiger partial charge on any atom is -0.426 e. The van der Waals surface area contributed by atoms with Crippen molar-refractivity contribution in [1.82, 2.24) is 5.32 Å². The minimum atomic E-state index is -1.51. The van der Waals surface area contributed by atoms with Crippen LogP contribution in [0.5, 0.6) is 0 Å². The van der Waals surface area contributed by atoms with Crippen molar-refractivity contribution in [1.29, 1.82) is 0 Å². The first-order valence-electron chi connectivity index (χ1n) is 5.50. The summed E-state index contributed by atoms with van der Waals surface area (Å²) in [6.45, 7) is 0. The third-order valence-electron chi connectivity index (χ3n) is 2.92. The van der Waals surface area contributed by atoms with Crippen LogP contribution in [0, 0.1) is 5.92 Å². The van der Waals surface area contributed by atoms with E-state index in [1.54, 1.807) is 0 Å². The molecular formula is C9H19BN2O3. The maximum absolute atomic E-state index is 11.5. The molecule has 1 atom stereocenters. The maximum atomic E-state index is 11.5. The predicted octanol–water partition coefficient (Wildman–Crippen LogP) is -0.978. The summed E-state index contributed by atoms with van der Waals surface area (Å²) >= 11 is 0. The molecule has 0 heterocycles. The lowest BCUT2D eigenvalue weighted by Crippen LogP contribution is -2.48. The van der Waals surface area contributed by atoms with Gasteiger partial charge in [0.05, 0.1) is 12.5 Å². The van der Waals surface area contributed by atoms with Crippen LogP contribution < -0.4 is 11.1 Å². The number of carbonyl (C=O) groups is 1. The molecule has 1 aliphatic rings. The van der Waals surface area contributed by atoms with Crippen molar-refractivity contribution >= 4 is 13.0 Å². The second kappa shape index (κ2) is 6.10. The Morgan fingerprint density at radius 1 is 1.40 bits per heavy atom. The molecule has 1 fully saturated rings. The molecule has 6 heteroatoms. The molecule has 86 valence electrons. The average Bonchev–Trinajstić information content (AvgIpc) is 2.26. The largest absolute Gasteiger partial charge is 0.472 e. The van der Waals surface area contributed by atoms with Crippen LogP contribution in [0.15, 0.2) is 0 Å². The molecular weight excluding hydrogens is 195 g/mol. The number of nitrogens with two attached hydrogens (primary N) is 1. The third-order valence-corrected chi connectivity index (χ3v) is 2.92. The highest BCUT2D eigenvalue weighted by Gasteiger charge is 2.26. The first-order valence-corrected chi connectivity index (χ1v) is 5.50. The van der Waals surface area contributed by atoms with E-state index < -0.39 is 13.2 Å². The van der Waals surface area contributed by atoms with Crippen molar-refractivity contribution in [3.63, 3.8) is 0 Å². The second-order valence-corrected chi connectivity index (χ2v) is 4.15. The van der Waals surface area contributed by atoms with Crippen molar-refractivity contribution < 1.29 is 14.8 Å². The van der Waals surface area contributed by atoms with Gasteiger partial charge in [0.25, 0.3) is 0 Å². The lowest BCUT2D eigenvalue weighted by molar-refractivity contribution is -0.123. The molecule has 0 saturated heterocycles. The van der Waals surface area contributed by atoms with Crippen LogP contribution in [0.2, 0.25) is 0 Å². The first-order chi connectivity index (χ1) is 7.11. The van der Waals surface area contributed by atoms with E-state index in [2.05, 4.69) is 5.32 Å². The van der Waals surface area contributed by atoms with E-state index in [1.807, 2.05) is 0 Å². The van der Waals surface area contributed by atoms with Gasteiger partial charge >= 0.3 is 7.12 Å². The van der Waals surface area contributed by atoms with Crippen molar-refractivity contribution in [3.05, 3.63) is 0 Å². The van der Waals surface area contributed by atoms with Crippen molar-refractivity contribution in [3.8, 4) is 0 Å². The fraction of sp³-hybridized carbons (Fsp3) is 0.889. The van der Waals surface area contributed by atoms with E-state index in [0.29, 0.717) is 0 Å². The fourth-order valence-electron chi connectivity index (χ4n) is 2.02. The van der Waals surface area contributed by atoms with Crippen LogP contribution >= 0.6 is 0 Å². The summed E-state index contributed by atoms with van der Waals surface area (Å²) in [5, 5.41) is 19.6. The lowest BCUT2D eigenvalue weighted by atomic mass is 9.83. The second-order valence-electron chi connectivity index (χ2n) is 4.15. The number of nitrogens with one attached hydrogen (secondary N) is 1. The van der Waals surface area contributed by atoms with E-state index in [-0.39, 0.29) is 18.3 Å². The molecule has 5 nitrogen and oxygen atoms in total. The van der Waals surface area contributed by atoms with Gasteiger partial charge in [-0.3, -0.25) is 4.79 Å². The molecule has 1 saturated carbocycles. The van der Waals surface area contributed by atoms with E-state index in [4.69, 9.17) is 15.8 Å². The Morgan fingerprint density at radius 2 is 2.00 bits per heavy atom. The zero-order valence-corrected chi connectivity index (χ0v) is 8.85. The molecule has 0 bridgehead atoms. The molecule has 0 aliphatic heterocycles. The van der Waals surface area contributed by atoms with Gasteiger partial charge in [-0.15, -0.1) is 0 Å². The first kappa shape index (κ1) is 12.5. The topological polar surface area (TPSA) is 95.6 Å². The van der Waals surface area contributed by atoms with Crippen LogP contribution in [0.4, 0.5) is 0 Å². The van der Waals surface area contributed by atoms with Crippen LogP contribution in [-0.4, -0.2) is 35.6 Å². The normalized spacial score (nSPS) is 19.7. The van der Waals surface area contributed by atoms with Crippen LogP contribution in [-0.2, 0) is 4.79 Å². The Kier molecular flexibility index (Phi) is 5.07. The summed E-state index contributed by atoms with van der Waals surface area (Å²) in [5.74, 6) is -0.0374. The van der Waals surface area contributed by atoms with Crippen LogP contribution in [0.25, 0.3) is 0 Å². The Bertz CT molecular complexity index is 208. The number of hydrogen-bond acceptors (Lipinski definition) is 4. The van der Waals surface area contributed by atoms with Gasteiger partial charge in [0.2, 0.25) is 5.91 Å². The molecule has 0 aromatic heterocycles. The smallest absolute Gasteiger partial charge is 0.426 e. The molecule has 0 spiro atoms. The number of amides is 1. The SMILES string of the molecule is N[C@H](C(=O)NCB(O)O)C1CCCCC1. The summed E-state index contributed by atoms with van der Waals surface area (Å²) in [5.41, 5.74) is 5.80. The molecule has 1 amide bonds. The lowest BCUT2D eigenvalue weighted by Gasteiger charge is -2.26. The summed E-state index contributed by atoms with van der Waals surface area (Å²) in [6, 6.07) is -0.510. The van der Waals surface area contributed by atoms with Crippen molar-refractivity contribution in [2.75, 3.05) is 6.44 Å². The Hall–Kier alpha value is -0.585. The van der Waals surface area contributed by atoms with Gasteiger partial charge in [0.15, 0.2) is 0 Å². The molecule has 0 aromatic rings. The fourth-order valence-corrected chi connectivity index (χ4v) is 2.02. The Balaban J connectivity index is 2.30. The van der Waals surface area contributed by atoms with Crippen LogP contribution in [0.3, 0.4) is 0 Å². The van der Waals surface area contributed by atoms with Gasteiger partial charge in [-0.05, 0) is 18.8 Å². The minimum absolute atomic E-state index is 0.154. The number of rotatable bonds is 4. The zero-order chi connectivity index (χ0) is 11.3. The number of carbonyl (C=O) groups excluding carboxylic acids is 1. The zero-order valence-electron chi connectivity index (χ0n) is 8.85. The molecule has 0 radical (unpaired) electrons. The molecule has 1 rings (SSSR count). The average molecular weight is 214 g/mol. The monoisotopic (exact) mass is 214 g/mol. The van der Waals surface area contributed by atoms with E-state index in [0.717, 1.165) is 25.7 Å². The van der Waals surface area contributed by atoms with Gasteiger partial charge in [-0.25, -0.2) is 0 Å². The van der Waals surface area contributed by atoms with Crippen LogP contribution in [0.1, 0.15) is 32.1 Å². The number of hydrogen-bond donors (Lipinski definition) is 4. The van der Waals surface area contributed by atoms with E-state index in [9.17, 15) is 4.79 Å². The van der Waals surface area contributed by atoms with Crippen molar-refractivity contribution in [2.24, 2.45) is 11.7 Å². The summed E-state index contributed by atoms with van der Waals surface area (Å²) < 4.78 is 0. The molecule has 0 unspecified atom stereocenters. The Labute approximate surface area is 90.2 Å². The van der Waals surface area contributed by atoms with E-state index in [1.165, 1.54) is 6.42 Å². The Morgan fingerprint density at radius 3 is 2.53 bits per heavy atom. The standard InChI is InChI=1S/C9H19BN2O3/c11-8(7-4-2-1-3-5-7)9(13)12-6-10(14)15/h7-8,14-15H,1-6,11H2,(H,12,13)/t8-/m0/s1. The highest BCUT2D eigenvalue weighted by atomic mass is 16.4. The van der Waals surface area contributed by atoms with Gasteiger partial charge in [-0.2, -0.15) is 0 Å². The van der Waals surface area contributed by atoms with E-state index >= 15 is 0 Å². The van der Waals surface area contributed by atoms with Gasteiger partial charge in [0.1, 0.15) is 0 Å². The quantitative estimate of drug-likeness (QED) is 0.452. The van der Waals surface area contributed by atoms with Gasteiger partial charge in [-0.1, -0.05) is 19.3 Å². The van der Waals surface area contributed by atoms with Gasteiger partial charge < -0.3 is 21.1 Å². The molecule has 15 heavy (non-hydrogen) atoms. The molecule has 0 aromatic carbocycles. The summed E-state index contributed by atoms with van der Waals surface area (Å²) in [7, 11) is -1.51. The molecule has 1 aliphatic carbocycles. The predicted molar refractivity (Wildman–Crippen MR) is 57.8 cm³/mol. The summed E-state index contributed by atoms with van der Waals surface area (Å²) in [6.07, 6.45) is 5.33. The highest BCUT2D eigenvalue weighted by molar-refractivity contribution is 6.41.